The van der Waals surface area contributed by atoms with E-state index in [2.05, 4.69) is 9.72 Å². The molecule has 7 heteroatoms. The zero-order valence-electron chi connectivity index (χ0n) is 14.0. The fourth-order valence-corrected chi connectivity index (χ4v) is 3.61. The smallest absolute Gasteiger partial charge is 0.339 e. The molecule has 0 bridgehead atoms. The van der Waals surface area contributed by atoms with Crippen LogP contribution in [0.15, 0.2) is 53.1 Å². The van der Waals surface area contributed by atoms with Crippen molar-refractivity contribution in [1.29, 1.82) is 0 Å². The van der Waals surface area contributed by atoms with Gasteiger partial charge in [0.2, 0.25) is 0 Å². The number of esters is 2. The maximum Gasteiger partial charge on any atom is 0.339 e. The van der Waals surface area contributed by atoms with Crippen LogP contribution in [-0.2, 0) is 19.1 Å². The predicted octanol–water partition coefficient (Wildman–Crippen LogP) is 2.90. The maximum absolute atomic E-state index is 12.3. The van der Waals surface area contributed by atoms with E-state index in [1.165, 1.54) is 38.1 Å². The number of para-hydroxylation sites is 1. The Bertz CT molecular complexity index is 912. The second-order valence-corrected chi connectivity index (χ2v) is 6.29. The number of aryl methyl sites for hydroxylation is 1. The van der Waals surface area contributed by atoms with Gasteiger partial charge in [0.05, 0.1) is 36.1 Å². The van der Waals surface area contributed by atoms with E-state index in [0.717, 1.165) is 16.3 Å². The molecule has 6 nitrogen and oxygen atoms in total. The Morgan fingerprint density at radius 2 is 1.92 bits per heavy atom. The van der Waals surface area contributed by atoms with Gasteiger partial charge in [0.15, 0.2) is 5.82 Å². The molecule has 1 aliphatic heterocycles. The molecule has 128 valence electrons. The van der Waals surface area contributed by atoms with Gasteiger partial charge in [-0.2, -0.15) is 0 Å². The first kappa shape index (κ1) is 17.0. The third-order valence-electron chi connectivity index (χ3n) is 3.60. The van der Waals surface area contributed by atoms with Crippen molar-refractivity contribution in [2.24, 2.45) is 0 Å². The molecule has 2 aromatic rings. The van der Waals surface area contributed by atoms with Crippen LogP contribution >= 0.6 is 11.8 Å². The van der Waals surface area contributed by atoms with Gasteiger partial charge in [0.25, 0.3) is 0 Å². The summed E-state index contributed by atoms with van der Waals surface area (Å²) in [5, 5.41) is 0. The summed E-state index contributed by atoms with van der Waals surface area (Å²) in [6, 6.07) is 7.84. The molecule has 0 radical (unpaired) electrons. The van der Waals surface area contributed by atoms with Crippen molar-refractivity contribution in [3.8, 4) is 5.69 Å². The van der Waals surface area contributed by atoms with Gasteiger partial charge in [-0.3, -0.25) is 4.57 Å². The molecule has 0 unspecified atom stereocenters. The average Bonchev–Trinajstić information content (AvgIpc) is 3.03. The molecular formula is C18H16N2O4S. The number of nitrogens with zero attached hydrogens (tertiary/aromatic N) is 2. The largest absolute Gasteiger partial charge is 0.466 e. The third kappa shape index (κ3) is 3.23. The van der Waals surface area contributed by atoms with Gasteiger partial charge < -0.3 is 9.47 Å². The first-order valence-electron chi connectivity index (χ1n) is 7.47. The average molecular weight is 356 g/mol. The van der Waals surface area contributed by atoms with Crippen LogP contribution in [0.1, 0.15) is 11.5 Å². The van der Waals surface area contributed by atoms with Crippen molar-refractivity contribution >= 4 is 28.6 Å². The number of hydrogen-bond donors (Lipinski definition) is 0. The first-order valence-corrected chi connectivity index (χ1v) is 8.29. The molecule has 0 amide bonds. The molecule has 25 heavy (non-hydrogen) atoms. The number of methoxy groups -OCH3 is 2. The lowest BCUT2D eigenvalue weighted by Gasteiger charge is -2.21. The molecule has 0 fully saturated rings. The highest BCUT2D eigenvalue weighted by Gasteiger charge is 2.27. The second kappa shape index (κ2) is 6.98. The highest BCUT2D eigenvalue weighted by molar-refractivity contribution is 8.08. The van der Waals surface area contributed by atoms with E-state index in [0.29, 0.717) is 10.7 Å². The molecular weight excluding hydrogens is 340 g/mol. The van der Waals surface area contributed by atoms with Gasteiger partial charge in [0, 0.05) is 17.2 Å². The van der Waals surface area contributed by atoms with Crippen LogP contribution in [-0.4, -0.2) is 35.7 Å². The van der Waals surface area contributed by atoms with Crippen molar-refractivity contribution in [2.75, 3.05) is 14.2 Å². The van der Waals surface area contributed by atoms with Crippen LogP contribution in [0.4, 0.5) is 0 Å². The van der Waals surface area contributed by atoms with Crippen LogP contribution in [0.5, 0.6) is 0 Å². The molecule has 0 saturated carbocycles. The summed E-state index contributed by atoms with van der Waals surface area (Å²) in [5.41, 5.74) is 2.07. The van der Waals surface area contributed by atoms with Crippen LogP contribution in [0.2, 0.25) is 0 Å². The van der Waals surface area contributed by atoms with E-state index < -0.39 is 11.9 Å². The number of benzene rings is 1. The number of thioether (sulfide) groups is 1. The Morgan fingerprint density at radius 3 is 2.64 bits per heavy atom. The normalized spacial score (nSPS) is 14.7. The van der Waals surface area contributed by atoms with Crippen molar-refractivity contribution in [1.82, 2.24) is 9.55 Å². The summed E-state index contributed by atoms with van der Waals surface area (Å²) in [7, 11) is 2.58. The van der Waals surface area contributed by atoms with Gasteiger partial charge in [-0.15, -0.1) is 0 Å². The lowest BCUT2D eigenvalue weighted by molar-refractivity contribution is -0.135. The molecule has 3 rings (SSSR count). The Hall–Kier alpha value is -2.80. The van der Waals surface area contributed by atoms with Crippen LogP contribution in [0.3, 0.4) is 0 Å². The molecule has 0 spiro atoms. The van der Waals surface area contributed by atoms with Crippen LogP contribution < -0.4 is 0 Å². The molecule has 2 heterocycles. The number of aromatic nitrogens is 2. The minimum atomic E-state index is -0.553. The quantitative estimate of drug-likeness (QED) is 0.622. The predicted molar refractivity (Wildman–Crippen MR) is 94.3 cm³/mol. The van der Waals surface area contributed by atoms with E-state index in [1.807, 2.05) is 42.0 Å². The molecule has 1 aromatic heterocycles. The molecule has 1 aliphatic rings. The van der Waals surface area contributed by atoms with Gasteiger partial charge >= 0.3 is 11.9 Å². The lowest BCUT2D eigenvalue weighted by Crippen LogP contribution is -2.11. The summed E-state index contributed by atoms with van der Waals surface area (Å²) in [4.78, 5) is 29.9. The van der Waals surface area contributed by atoms with E-state index >= 15 is 0 Å². The monoisotopic (exact) mass is 356 g/mol. The fraction of sp³-hybridized carbons (Fsp3) is 0.167. The highest BCUT2D eigenvalue weighted by Crippen LogP contribution is 2.44. The number of rotatable bonds is 3. The minimum Gasteiger partial charge on any atom is -0.466 e. The van der Waals surface area contributed by atoms with E-state index in [-0.39, 0.29) is 5.57 Å². The van der Waals surface area contributed by atoms with Gasteiger partial charge in [-0.25, -0.2) is 14.6 Å². The van der Waals surface area contributed by atoms with Crippen LogP contribution in [0.25, 0.3) is 10.6 Å². The first-order chi connectivity index (χ1) is 12.0. The molecule has 0 saturated heterocycles. The van der Waals surface area contributed by atoms with Crippen molar-refractivity contribution in [3.05, 3.63) is 59.7 Å². The van der Waals surface area contributed by atoms with Crippen molar-refractivity contribution in [3.63, 3.8) is 0 Å². The summed E-state index contributed by atoms with van der Waals surface area (Å²) in [6.07, 6.45) is 4.51. The Morgan fingerprint density at radius 1 is 1.16 bits per heavy atom. The second-order valence-electron chi connectivity index (χ2n) is 5.24. The standard InChI is InChI=1S/C18H16N2O4S/c1-11-10-20-13-6-4-5-7-14(13)25-16(17(20)19-11)12(18(22)24-3)8-9-15(21)23-2/h4-10H,1-3H3/b9-8+,16-12+. The Kier molecular flexibility index (Phi) is 4.76. The van der Waals surface area contributed by atoms with E-state index in [4.69, 9.17) is 4.74 Å². The van der Waals surface area contributed by atoms with E-state index in [9.17, 15) is 9.59 Å². The summed E-state index contributed by atoms with van der Waals surface area (Å²) < 4.78 is 11.4. The fourth-order valence-electron chi connectivity index (χ4n) is 2.48. The minimum absolute atomic E-state index is 0.249. The zero-order valence-corrected chi connectivity index (χ0v) is 14.8. The summed E-state index contributed by atoms with van der Waals surface area (Å²) >= 11 is 1.42. The van der Waals surface area contributed by atoms with Gasteiger partial charge in [0.1, 0.15) is 0 Å². The van der Waals surface area contributed by atoms with Gasteiger partial charge in [-0.1, -0.05) is 23.9 Å². The van der Waals surface area contributed by atoms with Gasteiger partial charge in [-0.05, 0) is 25.1 Å². The third-order valence-corrected chi connectivity index (χ3v) is 4.78. The number of carbonyl (C=O) groups is 2. The van der Waals surface area contributed by atoms with Crippen molar-refractivity contribution in [2.45, 2.75) is 11.8 Å². The van der Waals surface area contributed by atoms with Crippen LogP contribution in [0, 0.1) is 6.92 Å². The Balaban J connectivity index is 2.22. The highest BCUT2D eigenvalue weighted by atomic mass is 32.2. The molecule has 0 aliphatic carbocycles. The topological polar surface area (TPSA) is 70.4 Å². The van der Waals surface area contributed by atoms with Crippen molar-refractivity contribution < 1.29 is 19.1 Å². The molecule has 1 aromatic carbocycles. The number of hydrogen-bond acceptors (Lipinski definition) is 6. The Labute approximate surface area is 149 Å². The SMILES string of the molecule is COC(=O)/C=C/C(C(=O)OC)=C1\Sc2ccccc2-n2cc(C)nc21. The number of ether oxygens (including phenoxy) is 2. The summed E-state index contributed by atoms with van der Waals surface area (Å²) in [5.74, 6) is -0.465. The number of carbonyl (C=O) groups excluding carboxylic acids is 2. The summed E-state index contributed by atoms with van der Waals surface area (Å²) in [6.45, 7) is 1.89. The maximum atomic E-state index is 12.3. The number of imidazole rings is 1. The lowest BCUT2D eigenvalue weighted by atomic mass is 10.2. The molecule has 0 atom stereocenters. The molecule has 0 N–H and O–H groups in total. The number of fused-ring (bicyclic) bond motifs is 3. The zero-order chi connectivity index (χ0) is 18.0. The van der Waals surface area contributed by atoms with E-state index in [1.54, 1.807) is 0 Å².